The molecule has 122 valence electrons. The van der Waals surface area contributed by atoms with Crippen molar-refractivity contribution in [2.75, 3.05) is 19.6 Å². The second-order valence-electron chi connectivity index (χ2n) is 5.24. The molecule has 1 heterocycles. The van der Waals surface area contributed by atoms with Crippen LogP contribution in [0.3, 0.4) is 0 Å². The number of carbonyl (C=O) groups excluding carboxylic acids is 3. The second-order valence-corrected chi connectivity index (χ2v) is 6.24. The molecule has 0 aliphatic carbocycles. The lowest BCUT2D eigenvalue weighted by atomic mass is 10.1. The van der Waals surface area contributed by atoms with Gasteiger partial charge >= 0.3 is 0 Å². The molecule has 2 rings (SSSR count). The van der Waals surface area contributed by atoms with Gasteiger partial charge in [0.05, 0.1) is 4.91 Å². The van der Waals surface area contributed by atoms with Gasteiger partial charge in [0.1, 0.15) is 6.54 Å². The van der Waals surface area contributed by atoms with Gasteiger partial charge in [-0.15, -0.1) is 0 Å². The molecule has 0 saturated carbocycles. The van der Waals surface area contributed by atoms with Crippen LogP contribution in [0.4, 0.5) is 4.79 Å². The van der Waals surface area contributed by atoms with E-state index in [1.165, 1.54) is 0 Å². The van der Waals surface area contributed by atoms with Crippen LogP contribution >= 0.6 is 11.8 Å². The summed E-state index contributed by atoms with van der Waals surface area (Å²) in [6.45, 7) is 6.64. The van der Waals surface area contributed by atoms with Gasteiger partial charge in [-0.1, -0.05) is 29.8 Å². The van der Waals surface area contributed by atoms with E-state index in [2.05, 4.69) is 0 Å². The highest BCUT2D eigenvalue weighted by Gasteiger charge is 2.36. The molecule has 0 atom stereocenters. The van der Waals surface area contributed by atoms with Crippen LogP contribution in [0.5, 0.6) is 0 Å². The second kappa shape index (κ2) is 7.46. The number of likely N-dealkylation sites (N-methyl/N-ethyl adjacent to an activating group) is 1. The summed E-state index contributed by atoms with van der Waals surface area (Å²) >= 11 is 0.878. The summed E-state index contributed by atoms with van der Waals surface area (Å²) in [5.74, 6) is -0.616. The first-order valence-electron chi connectivity index (χ1n) is 7.56. The average molecular weight is 332 g/mol. The van der Waals surface area contributed by atoms with Crippen LogP contribution < -0.4 is 0 Å². The lowest BCUT2D eigenvalue weighted by Crippen LogP contribution is -2.41. The summed E-state index contributed by atoms with van der Waals surface area (Å²) in [6, 6.07) is 7.68. The van der Waals surface area contributed by atoms with Crippen LogP contribution in [0.2, 0.25) is 0 Å². The number of benzene rings is 1. The van der Waals surface area contributed by atoms with Gasteiger partial charge in [0.25, 0.3) is 11.1 Å². The Morgan fingerprint density at radius 3 is 2.35 bits per heavy atom. The minimum Gasteiger partial charge on any atom is -0.342 e. The molecule has 1 saturated heterocycles. The van der Waals surface area contributed by atoms with Crippen molar-refractivity contribution in [1.82, 2.24) is 9.80 Å². The van der Waals surface area contributed by atoms with E-state index in [0.29, 0.717) is 18.0 Å². The number of rotatable bonds is 5. The Bertz CT molecular complexity index is 648. The molecule has 1 fully saturated rings. The van der Waals surface area contributed by atoms with Gasteiger partial charge in [-0.25, -0.2) is 0 Å². The van der Waals surface area contributed by atoms with E-state index in [4.69, 9.17) is 0 Å². The topological polar surface area (TPSA) is 57.7 Å². The monoisotopic (exact) mass is 332 g/mol. The van der Waals surface area contributed by atoms with Crippen LogP contribution in [-0.4, -0.2) is 46.5 Å². The summed E-state index contributed by atoms with van der Waals surface area (Å²) in [5, 5.41) is -0.395. The van der Waals surface area contributed by atoms with Crippen LogP contribution in [-0.2, 0) is 9.59 Å². The highest BCUT2D eigenvalue weighted by Crippen LogP contribution is 2.32. The molecule has 23 heavy (non-hydrogen) atoms. The van der Waals surface area contributed by atoms with Gasteiger partial charge < -0.3 is 4.90 Å². The van der Waals surface area contributed by atoms with Crippen LogP contribution in [0.25, 0.3) is 6.08 Å². The molecule has 1 aliphatic heterocycles. The number of hydrogen-bond donors (Lipinski definition) is 0. The fourth-order valence-electron chi connectivity index (χ4n) is 2.26. The summed E-state index contributed by atoms with van der Waals surface area (Å²) in [4.78, 5) is 39.5. The number of aryl methyl sites for hydroxylation is 1. The van der Waals surface area contributed by atoms with Crippen LogP contribution in [0, 0.1) is 6.92 Å². The molecule has 6 heteroatoms. The van der Waals surface area contributed by atoms with Gasteiger partial charge in [0.2, 0.25) is 5.91 Å². The third-order valence-corrected chi connectivity index (χ3v) is 4.57. The molecule has 0 N–H and O–H groups in total. The number of amides is 3. The van der Waals surface area contributed by atoms with Gasteiger partial charge in [-0.05, 0) is 44.2 Å². The molecular formula is C17H20N2O3S. The molecule has 1 aliphatic rings. The summed E-state index contributed by atoms with van der Waals surface area (Å²) in [5.41, 5.74) is 1.98. The number of nitrogens with zero attached hydrogens (tertiary/aromatic N) is 2. The molecule has 1 aromatic carbocycles. The van der Waals surface area contributed by atoms with Gasteiger partial charge in [0, 0.05) is 13.1 Å². The van der Waals surface area contributed by atoms with E-state index in [0.717, 1.165) is 27.8 Å². The molecular weight excluding hydrogens is 312 g/mol. The SMILES string of the molecule is CCN(CC)C(=O)CN1C(=O)S/C(=C\c2ccc(C)cc2)C1=O. The Kier molecular flexibility index (Phi) is 5.60. The van der Waals surface area contributed by atoms with Gasteiger partial charge in [0.15, 0.2) is 0 Å². The van der Waals surface area contributed by atoms with E-state index >= 15 is 0 Å². The first-order chi connectivity index (χ1) is 11.0. The van der Waals surface area contributed by atoms with E-state index in [9.17, 15) is 14.4 Å². The smallest absolute Gasteiger partial charge is 0.294 e. The lowest BCUT2D eigenvalue weighted by Gasteiger charge is -2.21. The van der Waals surface area contributed by atoms with Crippen molar-refractivity contribution in [1.29, 1.82) is 0 Å². The van der Waals surface area contributed by atoms with Crippen molar-refractivity contribution in [3.63, 3.8) is 0 Å². The van der Waals surface area contributed by atoms with Crippen molar-refractivity contribution < 1.29 is 14.4 Å². The number of hydrogen-bond acceptors (Lipinski definition) is 4. The van der Waals surface area contributed by atoms with Crippen molar-refractivity contribution in [2.24, 2.45) is 0 Å². The minimum absolute atomic E-state index is 0.197. The Morgan fingerprint density at radius 2 is 1.78 bits per heavy atom. The van der Waals surface area contributed by atoms with Crippen LogP contribution in [0.1, 0.15) is 25.0 Å². The molecule has 0 spiro atoms. The first-order valence-corrected chi connectivity index (χ1v) is 8.37. The normalized spacial score (nSPS) is 16.3. The zero-order valence-electron chi connectivity index (χ0n) is 13.5. The lowest BCUT2D eigenvalue weighted by molar-refractivity contribution is -0.135. The van der Waals surface area contributed by atoms with E-state index in [1.54, 1.807) is 11.0 Å². The standard InChI is InChI=1S/C17H20N2O3S/c1-4-18(5-2)15(20)11-19-16(21)14(23-17(19)22)10-13-8-6-12(3)7-9-13/h6-10H,4-5,11H2,1-3H3/b14-10-. The maximum absolute atomic E-state index is 12.4. The largest absolute Gasteiger partial charge is 0.342 e. The van der Waals surface area contributed by atoms with Crippen molar-refractivity contribution in [3.8, 4) is 0 Å². The van der Waals surface area contributed by atoms with Gasteiger partial charge in [-0.2, -0.15) is 0 Å². The van der Waals surface area contributed by atoms with Crippen molar-refractivity contribution >= 4 is 34.9 Å². The molecule has 3 amide bonds. The highest BCUT2D eigenvalue weighted by atomic mass is 32.2. The van der Waals surface area contributed by atoms with Gasteiger partial charge in [-0.3, -0.25) is 19.3 Å². The quantitative estimate of drug-likeness (QED) is 0.778. The summed E-state index contributed by atoms with van der Waals surface area (Å²) < 4.78 is 0. The average Bonchev–Trinajstić information content (AvgIpc) is 2.78. The Morgan fingerprint density at radius 1 is 1.17 bits per heavy atom. The zero-order valence-corrected chi connectivity index (χ0v) is 14.4. The highest BCUT2D eigenvalue weighted by molar-refractivity contribution is 8.18. The maximum Gasteiger partial charge on any atom is 0.294 e. The van der Waals surface area contributed by atoms with E-state index < -0.39 is 11.1 Å². The summed E-state index contributed by atoms with van der Waals surface area (Å²) in [7, 11) is 0. The van der Waals surface area contributed by atoms with Crippen molar-refractivity contribution in [2.45, 2.75) is 20.8 Å². The molecule has 0 bridgehead atoms. The number of carbonyl (C=O) groups is 3. The maximum atomic E-state index is 12.4. The predicted molar refractivity (Wildman–Crippen MR) is 91.8 cm³/mol. The molecule has 0 unspecified atom stereocenters. The number of imide groups is 1. The first kappa shape index (κ1) is 17.3. The number of thioether (sulfide) groups is 1. The fourth-order valence-corrected chi connectivity index (χ4v) is 3.10. The molecule has 0 radical (unpaired) electrons. The van der Waals surface area contributed by atoms with E-state index in [-0.39, 0.29) is 12.5 Å². The van der Waals surface area contributed by atoms with Crippen LogP contribution in [0.15, 0.2) is 29.2 Å². The molecule has 5 nitrogen and oxygen atoms in total. The molecule has 0 aromatic heterocycles. The Balaban J connectivity index is 2.13. The summed E-state index contributed by atoms with van der Waals surface area (Å²) in [6.07, 6.45) is 1.69. The fraction of sp³-hybridized carbons (Fsp3) is 0.353. The third-order valence-electron chi connectivity index (χ3n) is 3.66. The predicted octanol–water partition coefficient (Wildman–Crippen LogP) is 2.90. The Hall–Kier alpha value is -2.08. The third kappa shape index (κ3) is 4.01. The minimum atomic E-state index is -0.402. The van der Waals surface area contributed by atoms with Crippen molar-refractivity contribution in [3.05, 3.63) is 40.3 Å². The Labute approximate surface area is 140 Å². The molecule has 1 aromatic rings. The van der Waals surface area contributed by atoms with E-state index in [1.807, 2.05) is 45.0 Å². The zero-order chi connectivity index (χ0) is 17.0.